The van der Waals surface area contributed by atoms with Gasteiger partial charge in [-0.05, 0) is 31.4 Å². The number of nitrogens with zero attached hydrogens (tertiary/aromatic N) is 1. The Balaban J connectivity index is 1.87. The highest BCUT2D eigenvalue weighted by molar-refractivity contribution is 5.57. The fourth-order valence-electron chi connectivity index (χ4n) is 2.09. The molecule has 0 bridgehead atoms. The maximum Gasteiger partial charge on any atom is 0.334 e. The summed E-state index contributed by atoms with van der Waals surface area (Å²) in [5.41, 5.74) is 0. The van der Waals surface area contributed by atoms with Crippen molar-refractivity contribution in [3.63, 3.8) is 0 Å². The lowest BCUT2D eigenvalue weighted by Gasteiger charge is -2.02. The average Bonchev–Trinajstić information content (AvgIpc) is 2.76. The first-order chi connectivity index (χ1) is 6.38. The van der Waals surface area contributed by atoms with Gasteiger partial charge in [-0.2, -0.15) is 4.57 Å². The standard InChI is InChI=1S/C10H15N2O/c11-6-9-1-2-10(5-9)7-12-3-4-13-8-12/h3-4,6,8-11H,1-2,5,7H2/q+1. The molecule has 2 rings (SSSR count). The first-order valence-corrected chi connectivity index (χ1v) is 4.80. The molecule has 1 aliphatic rings. The first kappa shape index (κ1) is 8.48. The summed E-state index contributed by atoms with van der Waals surface area (Å²) in [4.78, 5) is 0. The van der Waals surface area contributed by atoms with Crippen LogP contribution in [0, 0.1) is 17.2 Å². The van der Waals surface area contributed by atoms with Gasteiger partial charge in [0.05, 0.1) is 0 Å². The monoisotopic (exact) mass is 179 g/mol. The van der Waals surface area contributed by atoms with Crippen LogP contribution in [0.1, 0.15) is 19.3 Å². The summed E-state index contributed by atoms with van der Waals surface area (Å²) >= 11 is 0. The molecule has 13 heavy (non-hydrogen) atoms. The molecule has 70 valence electrons. The molecular formula is C10H15N2O+. The second-order valence-corrected chi connectivity index (χ2v) is 3.83. The molecule has 0 aliphatic heterocycles. The van der Waals surface area contributed by atoms with Crippen molar-refractivity contribution >= 4 is 6.21 Å². The van der Waals surface area contributed by atoms with E-state index in [9.17, 15) is 0 Å². The third kappa shape index (κ3) is 1.97. The van der Waals surface area contributed by atoms with Crippen LogP contribution in [0.3, 0.4) is 0 Å². The molecule has 1 aromatic heterocycles. The zero-order chi connectivity index (χ0) is 9.10. The Morgan fingerprint density at radius 2 is 2.46 bits per heavy atom. The number of hydrogen-bond acceptors (Lipinski definition) is 2. The van der Waals surface area contributed by atoms with E-state index in [4.69, 9.17) is 9.83 Å². The lowest BCUT2D eigenvalue weighted by molar-refractivity contribution is -0.705. The highest BCUT2D eigenvalue weighted by Crippen LogP contribution is 2.29. The van der Waals surface area contributed by atoms with E-state index in [1.165, 1.54) is 19.3 Å². The number of rotatable bonds is 3. The molecule has 3 heteroatoms. The molecule has 3 nitrogen and oxygen atoms in total. The maximum atomic E-state index is 7.19. The largest absolute Gasteiger partial charge is 0.412 e. The van der Waals surface area contributed by atoms with Gasteiger partial charge < -0.3 is 9.83 Å². The summed E-state index contributed by atoms with van der Waals surface area (Å²) in [7, 11) is 0. The van der Waals surface area contributed by atoms with Crippen molar-refractivity contribution in [3.8, 4) is 0 Å². The summed E-state index contributed by atoms with van der Waals surface area (Å²) in [5.74, 6) is 1.26. The van der Waals surface area contributed by atoms with Gasteiger partial charge in [-0.25, -0.2) is 0 Å². The molecule has 2 unspecified atom stereocenters. The van der Waals surface area contributed by atoms with Crippen LogP contribution in [0.25, 0.3) is 0 Å². The maximum absolute atomic E-state index is 7.19. The van der Waals surface area contributed by atoms with Crippen molar-refractivity contribution in [1.29, 1.82) is 5.41 Å². The summed E-state index contributed by atoms with van der Waals surface area (Å²) in [6.45, 7) is 1.04. The van der Waals surface area contributed by atoms with Gasteiger partial charge in [0.2, 0.25) is 6.20 Å². The van der Waals surface area contributed by atoms with Crippen molar-refractivity contribution in [2.75, 3.05) is 0 Å². The molecular weight excluding hydrogens is 164 g/mol. The normalized spacial score (nSPS) is 27.7. The molecule has 1 heterocycles. The minimum atomic E-state index is 0.525. The number of nitrogens with one attached hydrogen (secondary N) is 1. The van der Waals surface area contributed by atoms with Crippen LogP contribution in [0.15, 0.2) is 23.3 Å². The Bertz CT molecular complexity index is 268. The Labute approximate surface area is 77.9 Å². The van der Waals surface area contributed by atoms with E-state index in [1.807, 2.05) is 6.20 Å². The van der Waals surface area contributed by atoms with E-state index in [0.29, 0.717) is 5.92 Å². The highest BCUT2D eigenvalue weighted by Gasteiger charge is 2.26. The first-order valence-electron chi connectivity index (χ1n) is 4.80. The van der Waals surface area contributed by atoms with Crippen LogP contribution >= 0.6 is 0 Å². The summed E-state index contributed by atoms with van der Waals surface area (Å²) in [6, 6.07) is 0. The predicted octanol–water partition coefficient (Wildman–Crippen LogP) is 1.63. The van der Waals surface area contributed by atoms with E-state index in [2.05, 4.69) is 4.57 Å². The quantitative estimate of drug-likeness (QED) is 0.556. The van der Waals surface area contributed by atoms with E-state index in [0.717, 1.165) is 12.5 Å². The van der Waals surface area contributed by atoms with Gasteiger partial charge >= 0.3 is 6.39 Å². The van der Waals surface area contributed by atoms with Gasteiger partial charge in [0.25, 0.3) is 0 Å². The van der Waals surface area contributed by atoms with Gasteiger partial charge in [0.15, 0.2) is 12.8 Å². The smallest absolute Gasteiger partial charge is 0.334 e. The molecule has 0 saturated heterocycles. The molecule has 1 aromatic rings. The topological polar surface area (TPSA) is 40.9 Å². The van der Waals surface area contributed by atoms with Crippen molar-refractivity contribution in [2.24, 2.45) is 11.8 Å². The van der Waals surface area contributed by atoms with Crippen molar-refractivity contribution in [3.05, 3.63) is 18.9 Å². The van der Waals surface area contributed by atoms with E-state index in [-0.39, 0.29) is 0 Å². The molecule has 0 amide bonds. The summed E-state index contributed by atoms with van der Waals surface area (Å²) in [6.07, 6.45) is 10.6. The number of aromatic nitrogens is 1. The molecule has 2 atom stereocenters. The van der Waals surface area contributed by atoms with Gasteiger partial charge in [0, 0.05) is 5.92 Å². The minimum Gasteiger partial charge on any atom is -0.412 e. The van der Waals surface area contributed by atoms with Crippen LogP contribution < -0.4 is 4.57 Å². The van der Waals surface area contributed by atoms with E-state index < -0.39 is 0 Å². The Morgan fingerprint density at radius 3 is 3.08 bits per heavy atom. The van der Waals surface area contributed by atoms with Crippen molar-refractivity contribution in [1.82, 2.24) is 0 Å². The van der Waals surface area contributed by atoms with Crippen molar-refractivity contribution < 1.29 is 8.98 Å². The van der Waals surface area contributed by atoms with Gasteiger partial charge in [0.1, 0.15) is 0 Å². The average molecular weight is 179 g/mol. The Morgan fingerprint density at radius 1 is 1.54 bits per heavy atom. The zero-order valence-corrected chi connectivity index (χ0v) is 7.65. The van der Waals surface area contributed by atoms with Crippen LogP contribution in [0.4, 0.5) is 0 Å². The van der Waals surface area contributed by atoms with Crippen LogP contribution in [-0.4, -0.2) is 6.21 Å². The lowest BCUT2D eigenvalue weighted by atomic mass is 10.1. The fourth-order valence-corrected chi connectivity index (χ4v) is 2.09. The van der Waals surface area contributed by atoms with Crippen LogP contribution in [0.2, 0.25) is 0 Å². The Hall–Kier alpha value is -1.12. The third-order valence-corrected chi connectivity index (χ3v) is 2.81. The van der Waals surface area contributed by atoms with Crippen LogP contribution in [-0.2, 0) is 6.54 Å². The molecule has 1 aliphatic carbocycles. The zero-order valence-electron chi connectivity index (χ0n) is 7.65. The summed E-state index contributed by atoms with van der Waals surface area (Å²) in [5, 5.41) is 7.19. The molecule has 0 aromatic carbocycles. The van der Waals surface area contributed by atoms with E-state index in [1.54, 1.807) is 18.9 Å². The van der Waals surface area contributed by atoms with Crippen LogP contribution in [0.5, 0.6) is 0 Å². The molecule has 0 spiro atoms. The lowest BCUT2D eigenvalue weighted by Crippen LogP contribution is -2.34. The van der Waals surface area contributed by atoms with Gasteiger partial charge in [-0.15, -0.1) is 0 Å². The molecule has 1 saturated carbocycles. The van der Waals surface area contributed by atoms with E-state index >= 15 is 0 Å². The van der Waals surface area contributed by atoms with Gasteiger partial charge in [-0.3, -0.25) is 0 Å². The minimum absolute atomic E-state index is 0.525. The SMILES string of the molecule is N=CC1CCC(C[n+]2ccoc2)C1. The van der Waals surface area contributed by atoms with Gasteiger partial charge in [-0.1, -0.05) is 0 Å². The number of hydrogen-bond donors (Lipinski definition) is 1. The molecule has 0 radical (unpaired) electrons. The fraction of sp³-hybridized carbons (Fsp3) is 0.600. The Kier molecular flexibility index (Phi) is 2.43. The summed E-state index contributed by atoms with van der Waals surface area (Å²) < 4.78 is 7.08. The third-order valence-electron chi connectivity index (χ3n) is 2.81. The molecule has 1 N–H and O–H groups in total. The second kappa shape index (κ2) is 3.73. The van der Waals surface area contributed by atoms with Crippen molar-refractivity contribution in [2.45, 2.75) is 25.8 Å². The number of oxazole rings is 1. The molecule has 1 fully saturated rings. The predicted molar refractivity (Wildman–Crippen MR) is 48.5 cm³/mol. The highest BCUT2D eigenvalue weighted by atomic mass is 16.3. The second-order valence-electron chi connectivity index (χ2n) is 3.83.